The Morgan fingerprint density at radius 2 is 1.87 bits per heavy atom. The van der Waals surface area contributed by atoms with Crippen LogP contribution < -0.4 is 11.1 Å². The highest BCUT2D eigenvalue weighted by atomic mass is 32.2. The summed E-state index contributed by atoms with van der Waals surface area (Å²) in [6, 6.07) is 13.1. The molecule has 6 nitrogen and oxygen atoms in total. The van der Waals surface area contributed by atoms with Crippen molar-refractivity contribution in [2.24, 2.45) is 0 Å². The summed E-state index contributed by atoms with van der Waals surface area (Å²) in [5.41, 5.74) is 2.96. The molecule has 1 aliphatic rings. The van der Waals surface area contributed by atoms with Crippen molar-refractivity contribution in [3.8, 4) is 0 Å². The Bertz CT molecular complexity index is 1370. The number of hydrogen-bond donors (Lipinski definition) is 0. The van der Waals surface area contributed by atoms with Crippen LogP contribution in [0, 0.1) is 6.92 Å². The topological polar surface area (TPSA) is 69.3 Å². The molecule has 0 saturated heterocycles. The van der Waals surface area contributed by atoms with Gasteiger partial charge >= 0.3 is 0 Å². The van der Waals surface area contributed by atoms with Gasteiger partial charge in [0, 0.05) is 24.1 Å². The molecule has 1 aliphatic carbocycles. The summed E-state index contributed by atoms with van der Waals surface area (Å²) in [6.45, 7) is 1.95. The normalized spacial score (nSPS) is 14.7. The van der Waals surface area contributed by atoms with E-state index >= 15 is 0 Å². The van der Waals surface area contributed by atoms with E-state index in [0.29, 0.717) is 33.2 Å². The minimum absolute atomic E-state index is 0.0250. The highest BCUT2D eigenvalue weighted by molar-refractivity contribution is 7.98. The van der Waals surface area contributed by atoms with Gasteiger partial charge in [0.05, 0.1) is 16.6 Å². The molecule has 1 aromatic carbocycles. The maximum Gasteiger partial charge on any atom is 0.262 e. The SMILES string of the molecule is Cc1ccc2nc(CSc3nc4ccccc4c(=O)n3C3CCCC3)cc(=O)n2c1. The van der Waals surface area contributed by atoms with Gasteiger partial charge in [-0.1, -0.05) is 42.8 Å². The molecule has 0 atom stereocenters. The lowest BCUT2D eigenvalue weighted by molar-refractivity contribution is 0.457. The second-order valence-corrected chi connectivity index (χ2v) is 8.78. The van der Waals surface area contributed by atoms with E-state index < -0.39 is 0 Å². The van der Waals surface area contributed by atoms with Crippen molar-refractivity contribution in [3.63, 3.8) is 0 Å². The molecule has 0 spiro atoms. The molecule has 5 rings (SSSR count). The van der Waals surface area contributed by atoms with Crippen LogP contribution in [0.5, 0.6) is 0 Å². The molecule has 0 N–H and O–H groups in total. The van der Waals surface area contributed by atoms with Crippen LogP contribution in [-0.2, 0) is 5.75 Å². The Labute approximate surface area is 177 Å². The lowest BCUT2D eigenvalue weighted by Crippen LogP contribution is -2.26. The molecule has 30 heavy (non-hydrogen) atoms. The van der Waals surface area contributed by atoms with E-state index in [2.05, 4.69) is 4.98 Å². The van der Waals surface area contributed by atoms with Crippen LogP contribution in [0.4, 0.5) is 0 Å². The zero-order chi connectivity index (χ0) is 20.7. The summed E-state index contributed by atoms with van der Waals surface area (Å²) in [6.07, 6.45) is 6.07. The average Bonchev–Trinajstić information content (AvgIpc) is 3.27. The number of aryl methyl sites for hydroxylation is 1. The van der Waals surface area contributed by atoms with Gasteiger partial charge in [-0.05, 0) is 43.5 Å². The van der Waals surface area contributed by atoms with Crippen LogP contribution in [0.3, 0.4) is 0 Å². The number of thioether (sulfide) groups is 1. The smallest absolute Gasteiger partial charge is 0.262 e. The molecular formula is C23H22N4O2S. The van der Waals surface area contributed by atoms with E-state index in [0.717, 1.165) is 31.2 Å². The van der Waals surface area contributed by atoms with Crippen LogP contribution in [0.25, 0.3) is 16.6 Å². The summed E-state index contributed by atoms with van der Waals surface area (Å²) in [4.78, 5) is 35.2. The van der Waals surface area contributed by atoms with E-state index in [1.807, 2.05) is 47.9 Å². The Hall–Kier alpha value is -2.93. The molecule has 0 bridgehead atoms. The Kier molecular flexibility index (Phi) is 4.90. The predicted molar refractivity (Wildman–Crippen MR) is 119 cm³/mol. The number of nitrogens with zero attached hydrogens (tertiary/aromatic N) is 4. The number of para-hydroxylation sites is 1. The molecule has 0 aliphatic heterocycles. The zero-order valence-corrected chi connectivity index (χ0v) is 17.6. The number of aromatic nitrogens is 4. The van der Waals surface area contributed by atoms with Gasteiger partial charge < -0.3 is 0 Å². The molecule has 4 aromatic rings. The van der Waals surface area contributed by atoms with Crippen LogP contribution >= 0.6 is 11.8 Å². The summed E-state index contributed by atoms with van der Waals surface area (Å²) < 4.78 is 3.43. The monoisotopic (exact) mass is 418 g/mol. The summed E-state index contributed by atoms with van der Waals surface area (Å²) in [7, 11) is 0. The minimum atomic E-state index is -0.0982. The molecule has 7 heteroatoms. The first-order valence-electron chi connectivity index (χ1n) is 10.2. The van der Waals surface area contributed by atoms with E-state index in [-0.39, 0.29) is 17.2 Å². The number of benzene rings is 1. The van der Waals surface area contributed by atoms with E-state index in [1.54, 1.807) is 16.7 Å². The maximum absolute atomic E-state index is 13.2. The highest BCUT2D eigenvalue weighted by Gasteiger charge is 2.23. The minimum Gasteiger partial charge on any atom is -0.284 e. The number of pyridine rings is 1. The van der Waals surface area contributed by atoms with E-state index in [1.165, 1.54) is 11.8 Å². The van der Waals surface area contributed by atoms with E-state index in [9.17, 15) is 9.59 Å². The second-order valence-electron chi connectivity index (χ2n) is 7.83. The first-order chi connectivity index (χ1) is 14.6. The molecule has 152 valence electrons. The summed E-state index contributed by atoms with van der Waals surface area (Å²) in [5, 5.41) is 1.36. The molecule has 1 fully saturated rings. The van der Waals surface area contributed by atoms with Crippen molar-refractivity contribution in [3.05, 3.63) is 80.6 Å². The van der Waals surface area contributed by atoms with Crippen molar-refractivity contribution >= 4 is 28.3 Å². The Balaban J connectivity index is 1.54. The van der Waals surface area contributed by atoms with Crippen molar-refractivity contribution in [2.75, 3.05) is 0 Å². The van der Waals surface area contributed by atoms with Crippen LogP contribution in [0.1, 0.15) is 43.0 Å². The molecular weight excluding hydrogens is 396 g/mol. The van der Waals surface area contributed by atoms with Crippen molar-refractivity contribution in [2.45, 2.75) is 49.6 Å². The second kappa shape index (κ2) is 7.72. The maximum atomic E-state index is 13.2. The first kappa shape index (κ1) is 19.1. The third-order valence-electron chi connectivity index (χ3n) is 5.67. The number of rotatable bonds is 4. The molecule has 1 saturated carbocycles. The van der Waals surface area contributed by atoms with Crippen LogP contribution in [0.15, 0.2) is 63.4 Å². The molecule has 0 radical (unpaired) electrons. The van der Waals surface area contributed by atoms with Gasteiger partial charge in [-0.3, -0.25) is 18.6 Å². The first-order valence-corrected chi connectivity index (χ1v) is 11.2. The molecule has 0 unspecified atom stereocenters. The van der Waals surface area contributed by atoms with Gasteiger partial charge in [0.1, 0.15) is 5.65 Å². The fourth-order valence-electron chi connectivity index (χ4n) is 4.18. The molecule has 3 heterocycles. The van der Waals surface area contributed by atoms with E-state index in [4.69, 9.17) is 4.98 Å². The highest BCUT2D eigenvalue weighted by Crippen LogP contribution is 2.32. The van der Waals surface area contributed by atoms with Gasteiger partial charge in [-0.25, -0.2) is 9.97 Å². The number of fused-ring (bicyclic) bond motifs is 2. The van der Waals surface area contributed by atoms with Gasteiger partial charge in [-0.15, -0.1) is 0 Å². The molecule has 0 amide bonds. The van der Waals surface area contributed by atoms with Crippen LogP contribution in [0.2, 0.25) is 0 Å². The van der Waals surface area contributed by atoms with Gasteiger partial charge in [0.15, 0.2) is 5.16 Å². The average molecular weight is 419 g/mol. The fourth-order valence-corrected chi connectivity index (χ4v) is 5.14. The molecule has 3 aromatic heterocycles. The largest absolute Gasteiger partial charge is 0.284 e. The lowest BCUT2D eigenvalue weighted by Gasteiger charge is -2.18. The Morgan fingerprint density at radius 1 is 1.07 bits per heavy atom. The summed E-state index contributed by atoms with van der Waals surface area (Å²) >= 11 is 1.48. The Morgan fingerprint density at radius 3 is 2.70 bits per heavy atom. The van der Waals surface area contributed by atoms with Gasteiger partial charge in [-0.2, -0.15) is 0 Å². The third kappa shape index (κ3) is 3.43. The predicted octanol–water partition coefficient (Wildman–Crippen LogP) is 4.12. The third-order valence-corrected chi connectivity index (χ3v) is 6.66. The standard InChI is InChI=1S/C23H22N4O2S/c1-15-10-11-20-24-16(12-21(28)26(20)13-15)14-30-23-25-19-9-5-4-8-18(19)22(29)27(23)17-6-2-3-7-17/h4-5,8-13,17H,2-3,6-7,14H2,1H3. The van der Waals surface area contributed by atoms with Crippen molar-refractivity contribution in [1.29, 1.82) is 0 Å². The van der Waals surface area contributed by atoms with Crippen molar-refractivity contribution < 1.29 is 0 Å². The fraction of sp³-hybridized carbons (Fsp3) is 0.304. The van der Waals surface area contributed by atoms with Gasteiger partial charge in [0.25, 0.3) is 11.1 Å². The quantitative estimate of drug-likeness (QED) is 0.368. The lowest BCUT2D eigenvalue weighted by atomic mass is 10.2. The summed E-state index contributed by atoms with van der Waals surface area (Å²) in [5.74, 6) is 0.483. The van der Waals surface area contributed by atoms with Gasteiger partial charge in [0.2, 0.25) is 0 Å². The number of hydrogen-bond acceptors (Lipinski definition) is 5. The zero-order valence-electron chi connectivity index (χ0n) is 16.7. The van der Waals surface area contributed by atoms with Crippen molar-refractivity contribution in [1.82, 2.24) is 18.9 Å². The van der Waals surface area contributed by atoms with Crippen LogP contribution in [-0.4, -0.2) is 18.9 Å².